The van der Waals surface area contributed by atoms with E-state index in [4.69, 9.17) is 18.9 Å². The van der Waals surface area contributed by atoms with Gasteiger partial charge in [-0.05, 0) is 123 Å². The summed E-state index contributed by atoms with van der Waals surface area (Å²) < 4.78 is 24.4. The molecule has 0 unspecified atom stereocenters. The first-order valence-electron chi connectivity index (χ1n) is 30.8. The molecule has 9 heteroatoms. The lowest BCUT2D eigenvalue weighted by atomic mass is 10.0. The van der Waals surface area contributed by atoms with Gasteiger partial charge in [0.25, 0.3) is 0 Å². The zero-order valence-electron chi connectivity index (χ0n) is 47.9. The fourth-order valence-electron chi connectivity index (χ4n) is 9.52. The van der Waals surface area contributed by atoms with E-state index in [1.165, 1.54) is 109 Å². The van der Waals surface area contributed by atoms with E-state index in [1.54, 1.807) is 0 Å². The maximum absolute atomic E-state index is 13.8. The van der Waals surface area contributed by atoms with E-state index in [0.29, 0.717) is 32.5 Å². The molecule has 0 aromatic carbocycles. The summed E-state index contributed by atoms with van der Waals surface area (Å²) in [7, 11) is 4.16. The van der Waals surface area contributed by atoms with Crippen LogP contribution in [0.5, 0.6) is 0 Å². The molecule has 0 saturated carbocycles. The Morgan fingerprint density at radius 3 is 1.01 bits per heavy atom. The molecule has 0 aromatic rings. The van der Waals surface area contributed by atoms with Gasteiger partial charge in [-0.15, -0.1) is 0 Å². The van der Waals surface area contributed by atoms with Gasteiger partial charge >= 0.3 is 18.0 Å². The largest absolute Gasteiger partial charge is 0.462 e. The molecule has 0 N–H and O–H groups in total. The van der Waals surface area contributed by atoms with E-state index in [0.717, 1.165) is 167 Å². The Labute approximate surface area is 435 Å². The highest BCUT2D eigenvalue weighted by atomic mass is 16.6. The number of hydrogen-bond acceptors (Lipinski definition) is 8. The first-order valence-corrected chi connectivity index (χ1v) is 30.8. The van der Waals surface area contributed by atoms with Crippen molar-refractivity contribution in [3.05, 3.63) is 0 Å². The van der Waals surface area contributed by atoms with Crippen LogP contribution in [0.3, 0.4) is 0 Å². The molecule has 0 radical (unpaired) electrons. The highest BCUT2D eigenvalue weighted by Gasteiger charge is 2.21. The Bertz CT molecular complexity index is 1040. The zero-order chi connectivity index (χ0) is 51.4. The first-order chi connectivity index (χ1) is 34.2. The van der Waals surface area contributed by atoms with Crippen molar-refractivity contribution < 1.29 is 33.3 Å². The Morgan fingerprint density at radius 1 is 0.329 bits per heavy atom. The molecule has 0 spiro atoms. The van der Waals surface area contributed by atoms with Gasteiger partial charge in [0, 0.05) is 32.5 Å². The Kier molecular flexibility index (Phi) is 52.0. The predicted octanol–water partition coefficient (Wildman–Crippen LogP) is 18.1. The minimum absolute atomic E-state index is 0.00855. The average Bonchev–Trinajstić information content (AvgIpc) is 3.34. The van der Waals surface area contributed by atoms with Crippen LogP contribution < -0.4 is 0 Å². The summed E-state index contributed by atoms with van der Waals surface area (Å²) in [5, 5.41) is 0. The van der Waals surface area contributed by atoms with E-state index < -0.39 is 0 Å². The molecule has 0 heterocycles. The number of carbonyl (C=O) groups excluding carboxylic acids is 3. The maximum atomic E-state index is 13.8. The van der Waals surface area contributed by atoms with Gasteiger partial charge in [0.15, 0.2) is 0 Å². The Balaban J connectivity index is 5.10. The maximum Gasteiger partial charge on any atom is 0.410 e. The van der Waals surface area contributed by atoms with Crippen LogP contribution in [-0.4, -0.2) is 93.1 Å². The van der Waals surface area contributed by atoms with Crippen molar-refractivity contribution in [3.63, 3.8) is 0 Å². The van der Waals surface area contributed by atoms with Crippen molar-refractivity contribution in [1.82, 2.24) is 9.80 Å². The second-order valence-electron chi connectivity index (χ2n) is 21.5. The molecular formula is C61H120N2O7. The average molecular weight is 994 g/mol. The van der Waals surface area contributed by atoms with Gasteiger partial charge in [0.1, 0.15) is 18.3 Å². The normalized spacial score (nSPS) is 11.7. The number of unbranched alkanes of at least 4 members (excludes halogenated alkanes) is 27. The molecule has 0 fully saturated rings. The lowest BCUT2D eigenvalue weighted by molar-refractivity contribution is -0.151. The van der Waals surface area contributed by atoms with Crippen molar-refractivity contribution >= 4 is 18.0 Å². The van der Waals surface area contributed by atoms with Gasteiger partial charge in [-0.3, -0.25) is 9.59 Å². The highest BCUT2D eigenvalue weighted by molar-refractivity contribution is 5.70. The molecule has 0 aliphatic heterocycles. The number of esters is 2. The van der Waals surface area contributed by atoms with Crippen molar-refractivity contribution in [2.45, 2.75) is 329 Å². The first kappa shape index (κ1) is 68.1. The molecule has 416 valence electrons. The number of ether oxygens (including phenoxy) is 4. The molecule has 0 atom stereocenters. The topological polar surface area (TPSA) is 94.6 Å². The molecule has 9 nitrogen and oxygen atoms in total. The minimum Gasteiger partial charge on any atom is -0.462 e. The van der Waals surface area contributed by atoms with Crippen LogP contribution in [0.2, 0.25) is 0 Å². The summed E-state index contributed by atoms with van der Waals surface area (Å²) in [4.78, 5) is 43.5. The van der Waals surface area contributed by atoms with Gasteiger partial charge in [-0.2, -0.15) is 0 Å². The van der Waals surface area contributed by atoms with Gasteiger partial charge in [-0.1, -0.05) is 195 Å². The lowest BCUT2D eigenvalue weighted by Gasteiger charge is -2.26. The van der Waals surface area contributed by atoms with Crippen molar-refractivity contribution in [2.75, 3.05) is 46.9 Å². The standard InChI is InChI=1S/C61H120N2O7/c1-8-13-18-23-32-41-54-67-55-53-63(52-42-51-62(6)7)61(66)70-58(47-37-28-24-26-30-39-49-59(64)68-56(43-33-19-14-9-2)44-34-20-15-10-3)48-38-29-25-27-31-40-50-60(65)69-57(45-35-21-16-11-4)46-36-22-17-12-5/h56-58H,8-55H2,1-7H3. The summed E-state index contributed by atoms with van der Waals surface area (Å²) in [6.45, 7) is 14.7. The van der Waals surface area contributed by atoms with E-state index in [1.807, 2.05) is 4.90 Å². The SMILES string of the molecule is CCCCCCCCOCCN(CCCN(C)C)C(=O)OC(CCCCCCCCC(=O)OC(CCCCCC)CCCCCC)CCCCCCCCC(=O)OC(CCCCCC)CCCCCC. The zero-order valence-corrected chi connectivity index (χ0v) is 47.9. The smallest absolute Gasteiger partial charge is 0.410 e. The van der Waals surface area contributed by atoms with Crippen molar-refractivity contribution in [2.24, 2.45) is 0 Å². The molecule has 0 aliphatic rings. The number of rotatable bonds is 55. The van der Waals surface area contributed by atoms with E-state index in [9.17, 15) is 14.4 Å². The van der Waals surface area contributed by atoms with E-state index >= 15 is 0 Å². The molecule has 1 amide bonds. The number of carbonyl (C=O) groups is 3. The monoisotopic (exact) mass is 993 g/mol. The van der Waals surface area contributed by atoms with Gasteiger partial charge < -0.3 is 28.7 Å². The molecule has 0 aliphatic carbocycles. The minimum atomic E-state index is -0.195. The van der Waals surface area contributed by atoms with Crippen molar-refractivity contribution in [1.29, 1.82) is 0 Å². The Hall–Kier alpha value is -1.87. The summed E-state index contributed by atoms with van der Waals surface area (Å²) >= 11 is 0. The second-order valence-corrected chi connectivity index (χ2v) is 21.5. The van der Waals surface area contributed by atoms with Gasteiger partial charge in [0.2, 0.25) is 0 Å². The van der Waals surface area contributed by atoms with Crippen molar-refractivity contribution in [3.8, 4) is 0 Å². The second kappa shape index (κ2) is 53.4. The summed E-state index contributed by atoms with van der Waals surface area (Å²) in [5.41, 5.74) is 0. The fraction of sp³-hybridized carbons (Fsp3) is 0.951. The number of nitrogens with zero attached hydrogens (tertiary/aromatic N) is 2. The summed E-state index contributed by atoms with van der Waals surface area (Å²) in [6, 6.07) is 0. The summed E-state index contributed by atoms with van der Waals surface area (Å²) in [5.74, 6) is -0.0171. The number of amides is 1. The quantitative estimate of drug-likeness (QED) is 0.0338. The third-order valence-electron chi connectivity index (χ3n) is 14.1. The molecule has 0 aromatic heterocycles. The van der Waals surface area contributed by atoms with E-state index in [2.05, 4.69) is 53.6 Å². The van der Waals surface area contributed by atoms with Gasteiger partial charge in [-0.25, -0.2) is 4.79 Å². The fourth-order valence-corrected chi connectivity index (χ4v) is 9.52. The Morgan fingerprint density at radius 2 is 0.643 bits per heavy atom. The van der Waals surface area contributed by atoms with Crippen LogP contribution in [0.15, 0.2) is 0 Å². The van der Waals surface area contributed by atoms with E-state index in [-0.39, 0.29) is 36.3 Å². The number of hydrogen-bond donors (Lipinski definition) is 0. The van der Waals surface area contributed by atoms with Crippen LogP contribution in [-0.2, 0) is 28.5 Å². The molecule has 0 bridgehead atoms. The third kappa shape index (κ3) is 47.2. The molecule has 0 saturated heterocycles. The predicted molar refractivity (Wildman–Crippen MR) is 298 cm³/mol. The molecule has 70 heavy (non-hydrogen) atoms. The lowest BCUT2D eigenvalue weighted by Crippen LogP contribution is -2.38. The van der Waals surface area contributed by atoms with Crippen LogP contribution in [0.4, 0.5) is 4.79 Å². The van der Waals surface area contributed by atoms with Crippen LogP contribution in [0, 0.1) is 0 Å². The third-order valence-corrected chi connectivity index (χ3v) is 14.1. The van der Waals surface area contributed by atoms with Gasteiger partial charge in [0.05, 0.1) is 6.61 Å². The van der Waals surface area contributed by atoms with Crippen LogP contribution in [0.1, 0.15) is 311 Å². The molecular weight excluding hydrogens is 873 g/mol. The molecule has 0 rings (SSSR count). The summed E-state index contributed by atoms with van der Waals surface area (Å²) in [6.07, 6.45) is 47.2. The highest BCUT2D eigenvalue weighted by Crippen LogP contribution is 2.21. The van der Waals surface area contributed by atoms with Crippen LogP contribution in [0.25, 0.3) is 0 Å². The van der Waals surface area contributed by atoms with Crippen LogP contribution >= 0.6 is 0 Å².